The molecule has 1 atom stereocenters. The van der Waals surface area contributed by atoms with Crippen LogP contribution in [0.5, 0.6) is 5.75 Å². The summed E-state index contributed by atoms with van der Waals surface area (Å²) in [4.78, 5) is 37.4. The average Bonchev–Trinajstić information content (AvgIpc) is 3.33. The molecule has 8 heteroatoms. The number of aromatic nitrogens is 2. The monoisotopic (exact) mass is 427 g/mol. The highest BCUT2D eigenvalue weighted by Crippen LogP contribution is 2.34. The molecule has 0 spiro atoms. The van der Waals surface area contributed by atoms with Crippen LogP contribution in [0.4, 0.5) is 0 Å². The lowest BCUT2D eigenvalue weighted by atomic mass is 10.1. The summed E-state index contributed by atoms with van der Waals surface area (Å²) in [5.41, 5.74) is 0.829. The Bertz CT molecular complexity index is 1100. The number of methoxy groups -OCH3 is 1. The topological polar surface area (TPSA) is 72.4 Å². The van der Waals surface area contributed by atoms with Crippen LogP contribution in [0, 0.1) is 6.92 Å². The van der Waals surface area contributed by atoms with Gasteiger partial charge >= 0.3 is 0 Å². The van der Waals surface area contributed by atoms with Crippen LogP contribution in [-0.4, -0.2) is 53.0 Å². The maximum atomic E-state index is 12.8. The van der Waals surface area contributed by atoms with E-state index in [1.54, 1.807) is 12.0 Å². The molecule has 1 aromatic carbocycles. The van der Waals surface area contributed by atoms with Crippen molar-refractivity contribution in [2.24, 2.45) is 0 Å². The first-order chi connectivity index (χ1) is 14.0. The van der Waals surface area contributed by atoms with Gasteiger partial charge in [-0.25, -0.2) is 9.97 Å². The molecule has 0 aliphatic carbocycles. The highest BCUT2D eigenvalue weighted by molar-refractivity contribution is 8.00. The lowest BCUT2D eigenvalue weighted by molar-refractivity contribution is -0.127. The van der Waals surface area contributed by atoms with Gasteiger partial charge in [-0.3, -0.25) is 9.59 Å². The first-order valence-electron chi connectivity index (χ1n) is 9.29. The summed E-state index contributed by atoms with van der Waals surface area (Å²) in [6, 6.07) is 9.41. The van der Waals surface area contributed by atoms with Gasteiger partial charge in [0.15, 0.2) is 5.78 Å². The van der Waals surface area contributed by atoms with Crippen molar-refractivity contribution in [2.45, 2.75) is 24.3 Å². The molecule has 3 aromatic rings. The zero-order valence-corrected chi connectivity index (χ0v) is 18.1. The lowest BCUT2D eigenvalue weighted by Gasteiger charge is -2.08. The standard InChI is InChI=1S/C21H21N3O3S2/c1-12-22-16-5-4-13(27-3)10-15(16)20(23-12)28-11-17(25)19-7-6-18(29-19)14-8-9-24(2)21(14)26/h4-7,10,14H,8-9,11H2,1-3H3. The van der Waals surface area contributed by atoms with E-state index in [1.807, 2.05) is 44.3 Å². The van der Waals surface area contributed by atoms with Gasteiger partial charge in [0.2, 0.25) is 5.91 Å². The van der Waals surface area contributed by atoms with E-state index in [-0.39, 0.29) is 23.4 Å². The highest BCUT2D eigenvalue weighted by atomic mass is 32.2. The third-order valence-electron chi connectivity index (χ3n) is 4.99. The molecular formula is C21H21N3O3S2. The van der Waals surface area contributed by atoms with E-state index in [0.717, 1.165) is 39.5 Å². The minimum absolute atomic E-state index is 0.0392. The highest BCUT2D eigenvalue weighted by Gasteiger charge is 2.31. The second-order valence-corrected chi connectivity index (χ2v) is 9.05. The van der Waals surface area contributed by atoms with Crippen LogP contribution in [0.2, 0.25) is 0 Å². The fourth-order valence-electron chi connectivity index (χ4n) is 3.41. The third-order valence-corrected chi connectivity index (χ3v) is 7.22. The van der Waals surface area contributed by atoms with Crippen LogP contribution in [0.1, 0.15) is 32.7 Å². The molecule has 1 amide bonds. The third kappa shape index (κ3) is 4.00. The maximum absolute atomic E-state index is 12.8. The molecule has 1 aliphatic rings. The van der Waals surface area contributed by atoms with Gasteiger partial charge in [0, 0.05) is 23.9 Å². The zero-order valence-electron chi connectivity index (χ0n) is 16.5. The van der Waals surface area contributed by atoms with Crippen LogP contribution in [-0.2, 0) is 4.79 Å². The molecule has 4 rings (SSSR count). The number of carbonyl (C=O) groups excluding carboxylic acids is 2. The van der Waals surface area contributed by atoms with Crippen LogP contribution < -0.4 is 4.74 Å². The Morgan fingerprint density at radius 3 is 2.86 bits per heavy atom. The fraction of sp³-hybridized carbons (Fsp3) is 0.333. The van der Waals surface area contributed by atoms with Crippen LogP contribution in [0.15, 0.2) is 35.4 Å². The minimum Gasteiger partial charge on any atom is -0.497 e. The van der Waals surface area contributed by atoms with Gasteiger partial charge in [0.1, 0.15) is 16.6 Å². The van der Waals surface area contributed by atoms with Crippen molar-refractivity contribution in [1.82, 2.24) is 14.9 Å². The molecule has 150 valence electrons. The second kappa shape index (κ2) is 8.12. The summed E-state index contributed by atoms with van der Waals surface area (Å²) in [6.45, 7) is 2.61. The number of thioether (sulfide) groups is 1. The van der Waals surface area contributed by atoms with Crippen molar-refractivity contribution in [3.63, 3.8) is 0 Å². The van der Waals surface area contributed by atoms with Crippen molar-refractivity contribution in [1.29, 1.82) is 0 Å². The molecule has 2 aromatic heterocycles. The number of benzene rings is 1. The molecule has 1 unspecified atom stereocenters. The molecule has 1 saturated heterocycles. The molecule has 0 N–H and O–H groups in total. The summed E-state index contributed by atoms with van der Waals surface area (Å²) in [6.07, 6.45) is 0.812. The van der Waals surface area contributed by atoms with E-state index in [9.17, 15) is 9.59 Å². The number of rotatable bonds is 6. The Hall–Kier alpha value is -2.45. The van der Waals surface area contributed by atoms with Gasteiger partial charge < -0.3 is 9.64 Å². The number of thiophene rings is 1. The predicted molar refractivity (Wildman–Crippen MR) is 115 cm³/mol. The Morgan fingerprint density at radius 1 is 1.31 bits per heavy atom. The number of nitrogens with zero attached hydrogens (tertiary/aromatic N) is 3. The number of amides is 1. The lowest BCUT2D eigenvalue weighted by Crippen LogP contribution is -2.21. The number of hydrogen-bond acceptors (Lipinski definition) is 7. The van der Waals surface area contributed by atoms with Crippen molar-refractivity contribution < 1.29 is 14.3 Å². The van der Waals surface area contributed by atoms with Gasteiger partial charge in [-0.15, -0.1) is 11.3 Å². The molecule has 6 nitrogen and oxygen atoms in total. The number of likely N-dealkylation sites (N-methyl/N-ethyl adjacent to an activating group) is 1. The van der Waals surface area contributed by atoms with Crippen molar-refractivity contribution in [3.05, 3.63) is 45.9 Å². The second-order valence-electron chi connectivity index (χ2n) is 6.97. The number of likely N-dealkylation sites (tertiary alicyclic amines) is 1. The van der Waals surface area contributed by atoms with Gasteiger partial charge in [-0.05, 0) is 43.7 Å². The normalized spacial score (nSPS) is 16.6. The summed E-state index contributed by atoms with van der Waals surface area (Å²) >= 11 is 2.83. The summed E-state index contributed by atoms with van der Waals surface area (Å²) in [5.74, 6) is 1.74. The molecule has 3 heterocycles. The van der Waals surface area contributed by atoms with Gasteiger partial charge in [-0.1, -0.05) is 11.8 Å². The Balaban J connectivity index is 1.51. The van der Waals surface area contributed by atoms with Gasteiger partial charge in [-0.2, -0.15) is 0 Å². The van der Waals surface area contributed by atoms with Gasteiger partial charge in [0.25, 0.3) is 0 Å². The van der Waals surface area contributed by atoms with E-state index >= 15 is 0 Å². The molecule has 0 bridgehead atoms. The first kappa shape index (κ1) is 19.8. The first-order valence-corrected chi connectivity index (χ1v) is 11.1. The van der Waals surface area contributed by atoms with E-state index in [0.29, 0.717) is 10.7 Å². The molecule has 1 aliphatic heterocycles. The summed E-state index contributed by atoms with van der Waals surface area (Å²) < 4.78 is 5.31. The predicted octanol–water partition coefficient (Wildman–Crippen LogP) is 3.93. The number of fused-ring (bicyclic) bond motifs is 1. The number of ketones is 1. The average molecular weight is 428 g/mol. The Morgan fingerprint density at radius 2 is 2.14 bits per heavy atom. The quantitative estimate of drug-likeness (QED) is 0.337. The zero-order chi connectivity index (χ0) is 20.5. The number of ether oxygens (including phenoxy) is 1. The molecule has 0 saturated carbocycles. The van der Waals surface area contributed by atoms with Crippen LogP contribution in [0.25, 0.3) is 10.9 Å². The van der Waals surface area contributed by atoms with Crippen molar-refractivity contribution in [3.8, 4) is 5.75 Å². The van der Waals surface area contributed by atoms with Gasteiger partial charge in [0.05, 0.1) is 29.2 Å². The van der Waals surface area contributed by atoms with Crippen LogP contribution in [0.3, 0.4) is 0 Å². The summed E-state index contributed by atoms with van der Waals surface area (Å²) in [5, 5.41) is 1.64. The van der Waals surface area contributed by atoms with Crippen molar-refractivity contribution in [2.75, 3.05) is 26.5 Å². The Labute approximate surface area is 177 Å². The molecule has 0 radical (unpaired) electrons. The Kier molecular flexibility index (Phi) is 5.56. The van der Waals surface area contributed by atoms with Crippen molar-refractivity contribution >= 4 is 45.7 Å². The number of aryl methyl sites for hydroxylation is 1. The van der Waals surface area contributed by atoms with E-state index < -0.39 is 0 Å². The fourth-order valence-corrected chi connectivity index (χ4v) is 5.51. The molecule has 29 heavy (non-hydrogen) atoms. The number of Topliss-reactive ketones (excluding diaryl/α,β-unsaturated/α-hetero) is 1. The largest absolute Gasteiger partial charge is 0.497 e. The van der Waals surface area contributed by atoms with Crippen LogP contribution >= 0.6 is 23.1 Å². The van der Waals surface area contributed by atoms with E-state index in [4.69, 9.17) is 4.74 Å². The van der Waals surface area contributed by atoms with E-state index in [2.05, 4.69) is 9.97 Å². The minimum atomic E-state index is -0.111. The summed E-state index contributed by atoms with van der Waals surface area (Å²) in [7, 11) is 3.44. The molecular weight excluding hydrogens is 406 g/mol. The maximum Gasteiger partial charge on any atom is 0.230 e. The van der Waals surface area contributed by atoms with E-state index in [1.165, 1.54) is 23.1 Å². The number of carbonyl (C=O) groups is 2. The SMILES string of the molecule is COc1ccc2nc(C)nc(SCC(=O)c3ccc(C4CCN(C)C4=O)s3)c2c1. The smallest absolute Gasteiger partial charge is 0.230 e. The molecule has 1 fully saturated rings. The number of hydrogen-bond donors (Lipinski definition) is 0.